The SMILES string of the molecule is Cl.NCCCCn1cnnc1. The third-order valence-corrected chi connectivity index (χ3v) is 1.34. The van der Waals surface area contributed by atoms with Crippen molar-refractivity contribution in [2.45, 2.75) is 19.4 Å². The average Bonchev–Trinajstić information content (AvgIpc) is 2.41. The highest BCUT2D eigenvalue weighted by Gasteiger charge is 1.88. The van der Waals surface area contributed by atoms with Crippen molar-refractivity contribution in [2.75, 3.05) is 6.54 Å². The van der Waals surface area contributed by atoms with Crippen molar-refractivity contribution in [2.24, 2.45) is 5.73 Å². The maximum Gasteiger partial charge on any atom is 0.119 e. The molecule has 0 fully saturated rings. The number of unbranched alkanes of at least 4 members (excludes halogenated alkanes) is 1. The lowest BCUT2D eigenvalue weighted by atomic mass is 10.3. The zero-order valence-corrected chi connectivity index (χ0v) is 7.13. The van der Waals surface area contributed by atoms with Crippen LogP contribution in [0.4, 0.5) is 0 Å². The van der Waals surface area contributed by atoms with Gasteiger partial charge in [0.1, 0.15) is 12.7 Å². The van der Waals surface area contributed by atoms with Crippen LogP contribution in [0.1, 0.15) is 12.8 Å². The Morgan fingerprint density at radius 3 is 2.36 bits per heavy atom. The van der Waals surface area contributed by atoms with E-state index in [1.165, 1.54) is 0 Å². The molecular formula is C6H13ClN4. The van der Waals surface area contributed by atoms with E-state index in [0.717, 1.165) is 25.9 Å². The summed E-state index contributed by atoms with van der Waals surface area (Å²) >= 11 is 0. The van der Waals surface area contributed by atoms with Gasteiger partial charge in [-0.15, -0.1) is 22.6 Å². The molecule has 64 valence electrons. The molecule has 1 rings (SSSR count). The van der Waals surface area contributed by atoms with Crippen molar-refractivity contribution in [1.82, 2.24) is 14.8 Å². The maximum absolute atomic E-state index is 5.33. The van der Waals surface area contributed by atoms with Crippen LogP contribution in [0.5, 0.6) is 0 Å². The van der Waals surface area contributed by atoms with E-state index in [4.69, 9.17) is 5.73 Å². The van der Waals surface area contributed by atoms with Crippen LogP contribution in [-0.4, -0.2) is 21.3 Å². The van der Waals surface area contributed by atoms with Gasteiger partial charge in [0.2, 0.25) is 0 Å². The maximum atomic E-state index is 5.33. The quantitative estimate of drug-likeness (QED) is 0.678. The van der Waals surface area contributed by atoms with E-state index in [-0.39, 0.29) is 12.4 Å². The molecule has 0 spiro atoms. The largest absolute Gasteiger partial charge is 0.330 e. The van der Waals surface area contributed by atoms with Gasteiger partial charge in [0, 0.05) is 6.54 Å². The molecule has 0 aliphatic heterocycles. The number of aromatic nitrogens is 3. The normalized spacial score (nSPS) is 9.18. The Morgan fingerprint density at radius 2 is 1.82 bits per heavy atom. The molecule has 0 atom stereocenters. The Hall–Kier alpha value is -0.610. The molecule has 0 radical (unpaired) electrons. The van der Waals surface area contributed by atoms with Crippen molar-refractivity contribution in [3.63, 3.8) is 0 Å². The van der Waals surface area contributed by atoms with Gasteiger partial charge in [0.05, 0.1) is 0 Å². The molecule has 2 N–H and O–H groups in total. The molecule has 11 heavy (non-hydrogen) atoms. The number of hydrogen-bond donors (Lipinski definition) is 1. The van der Waals surface area contributed by atoms with Gasteiger partial charge in [-0.25, -0.2) is 0 Å². The standard InChI is InChI=1S/C6H12N4.ClH/c7-3-1-2-4-10-5-8-9-6-10;/h5-6H,1-4,7H2;1H. The number of nitrogens with two attached hydrogens (primary N) is 1. The lowest BCUT2D eigenvalue weighted by molar-refractivity contribution is 0.613. The van der Waals surface area contributed by atoms with Crippen LogP contribution >= 0.6 is 12.4 Å². The molecule has 1 aromatic rings. The molecule has 0 saturated carbocycles. The molecule has 1 aromatic heterocycles. The van der Waals surface area contributed by atoms with E-state index >= 15 is 0 Å². The minimum absolute atomic E-state index is 0. The van der Waals surface area contributed by atoms with Crippen LogP contribution in [0.15, 0.2) is 12.7 Å². The van der Waals surface area contributed by atoms with Gasteiger partial charge in [-0.05, 0) is 19.4 Å². The van der Waals surface area contributed by atoms with Gasteiger partial charge < -0.3 is 10.3 Å². The molecule has 0 unspecified atom stereocenters. The average molecular weight is 177 g/mol. The summed E-state index contributed by atoms with van der Waals surface area (Å²) in [5.74, 6) is 0. The fourth-order valence-corrected chi connectivity index (χ4v) is 0.776. The summed E-state index contributed by atoms with van der Waals surface area (Å²) in [6.45, 7) is 1.74. The monoisotopic (exact) mass is 176 g/mol. The van der Waals surface area contributed by atoms with Gasteiger partial charge in [0.25, 0.3) is 0 Å². The van der Waals surface area contributed by atoms with E-state index < -0.39 is 0 Å². The van der Waals surface area contributed by atoms with Crippen LogP contribution < -0.4 is 5.73 Å². The number of aryl methyl sites for hydroxylation is 1. The Labute approximate surface area is 72.2 Å². The Kier molecular flexibility index (Phi) is 5.78. The summed E-state index contributed by atoms with van der Waals surface area (Å²) in [7, 11) is 0. The van der Waals surface area contributed by atoms with E-state index in [1.54, 1.807) is 12.7 Å². The molecule has 1 heterocycles. The topological polar surface area (TPSA) is 56.7 Å². The van der Waals surface area contributed by atoms with Crippen LogP contribution in [0, 0.1) is 0 Å². The smallest absolute Gasteiger partial charge is 0.119 e. The highest BCUT2D eigenvalue weighted by Crippen LogP contribution is 1.90. The minimum Gasteiger partial charge on any atom is -0.330 e. The van der Waals surface area contributed by atoms with Crippen LogP contribution in [-0.2, 0) is 6.54 Å². The summed E-state index contributed by atoms with van der Waals surface area (Å²) in [6, 6.07) is 0. The third kappa shape index (κ3) is 3.95. The summed E-state index contributed by atoms with van der Waals surface area (Å²) in [5, 5.41) is 7.37. The van der Waals surface area contributed by atoms with Crippen molar-refractivity contribution in [3.05, 3.63) is 12.7 Å². The first-order chi connectivity index (χ1) is 4.93. The second kappa shape index (κ2) is 6.12. The lowest BCUT2D eigenvalue weighted by Crippen LogP contribution is -2.01. The molecule has 0 saturated heterocycles. The summed E-state index contributed by atoms with van der Waals surface area (Å²) in [5.41, 5.74) is 5.33. The highest BCUT2D eigenvalue weighted by atomic mass is 35.5. The van der Waals surface area contributed by atoms with Gasteiger partial charge in [-0.1, -0.05) is 0 Å². The Morgan fingerprint density at radius 1 is 1.18 bits per heavy atom. The second-order valence-corrected chi connectivity index (χ2v) is 2.20. The molecule has 0 aliphatic carbocycles. The number of rotatable bonds is 4. The zero-order chi connectivity index (χ0) is 7.23. The molecule has 0 aromatic carbocycles. The summed E-state index contributed by atoms with van der Waals surface area (Å²) in [4.78, 5) is 0. The second-order valence-electron chi connectivity index (χ2n) is 2.20. The first-order valence-corrected chi connectivity index (χ1v) is 3.46. The lowest BCUT2D eigenvalue weighted by Gasteiger charge is -1.97. The van der Waals surface area contributed by atoms with Crippen LogP contribution in [0.25, 0.3) is 0 Å². The van der Waals surface area contributed by atoms with Crippen molar-refractivity contribution < 1.29 is 0 Å². The first-order valence-electron chi connectivity index (χ1n) is 3.46. The van der Waals surface area contributed by atoms with Crippen LogP contribution in [0.2, 0.25) is 0 Å². The summed E-state index contributed by atoms with van der Waals surface area (Å²) in [6.07, 6.45) is 5.61. The molecule has 0 amide bonds. The molecule has 0 bridgehead atoms. The predicted molar refractivity (Wildman–Crippen MR) is 45.6 cm³/mol. The fraction of sp³-hybridized carbons (Fsp3) is 0.667. The number of hydrogen-bond acceptors (Lipinski definition) is 3. The van der Waals surface area contributed by atoms with Gasteiger partial charge in [-0.2, -0.15) is 0 Å². The zero-order valence-electron chi connectivity index (χ0n) is 6.31. The molecular weight excluding hydrogens is 164 g/mol. The van der Waals surface area contributed by atoms with Crippen molar-refractivity contribution in [1.29, 1.82) is 0 Å². The first kappa shape index (κ1) is 10.4. The van der Waals surface area contributed by atoms with Crippen molar-refractivity contribution >= 4 is 12.4 Å². The molecule has 5 heteroatoms. The molecule has 4 nitrogen and oxygen atoms in total. The predicted octanol–water partition coefficient (Wildman–Crippen LogP) is 0.439. The Bertz CT molecular complexity index is 163. The summed E-state index contributed by atoms with van der Waals surface area (Å²) < 4.78 is 1.95. The molecule has 0 aliphatic rings. The Balaban J connectivity index is 0.000001000. The number of halogens is 1. The fourth-order valence-electron chi connectivity index (χ4n) is 0.776. The van der Waals surface area contributed by atoms with Crippen LogP contribution in [0.3, 0.4) is 0 Å². The van der Waals surface area contributed by atoms with E-state index in [9.17, 15) is 0 Å². The highest BCUT2D eigenvalue weighted by molar-refractivity contribution is 5.85. The van der Waals surface area contributed by atoms with Crippen molar-refractivity contribution in [3.8, 4) is 0 Å². The van der Waals surface area contributed by atoms with Gasteiger partial charge in [-0.3, -0.25) is 0 Å². The minimum atomic E-state index is 0. The van der Waals surface area contributed by atoms with Gasteiger partial charge in [0.15, 0.2) is 0 Å². The van der Waals surface area contributed by atoms with Gasteiger partial charge >= 0.3 is 0 Å². The third-order valence-electron chi connectivity index (χ3n) is 1.34. The van der Waals surface area contributed by atoms with E-state index in [2.05, 4.69) is 10.2 Å². The van der Waals surface area contributed by atoms with E-state index in [1.807, 2.05) is 4.57 Å². The van der Waals surface area contributed by atoms with E-state index in [0.29, 0.717) is 0 Å². The number of nitrogens with zero attached hydrogens (tertiary/aromatic N) is 3.